The van der Waals surface area contributed by atoms with E-state index in [1.54, 1.807) is 24.5 Å². The number of carbonyl (C=O) groups is 1. The Morgan fingerprint density at radius 3 is 2.61 bits per heavy atom. The number of hydrogen-bond acceptors (Lipinski definition) is 3. The number of hydrogen-bond donors (Lipinski definition) is 0. The lowest BCUT2D eigenvalue weighted by molar-refractivity contribution is -0.137. The molecule has 1 fully saturated rings. The summed E-state index contributed by atoms with van der Waals surface area (Å²) in [6, 6.07) is 14.3. The first kappa shape index (κ1) is 21.0. The van der Waals surface area contributed by atoms with Crippen LogP contribution in [0.15, 0.2) is 67.0 Å². The molecule has 4 nitrogen and oxygen atoms in total. The number of likely N-dealkylation sites (tertiary alicyclic amines) is 1. The van der Waals surface area contributed by atoms with Crippen molar-refractivity contribution < 1.29 is 18.0 Å². The lowest BCUT2D eigenvalue weighted by atomic mass is 9.93. The van der Waals surface area contributed by atoms with Crippen LogP contribution in [-0.4, -0.2) is 33.9 Å². The standard InChI is InChI=1S/C24H22F3N3O/c25-24(26,27)20-6-1-4-18(15-20)21-7-2-8-22(29-21)19-5-3-13-30(16-19)23(31)14-17-9-11-28-12-10-17/h1-2,4,6-12,15,19H,3,5,13-14,16H2. The first-order chi connectivity index (χ1) is 14.9. The highest BCUT2D eigenvalue weighted by Crippen LogP contribution is 2.33. The molecule has 0 aliphatic carbocycles. The molecule has 1 amide bonds. The van der Waals surface area contributed by atoms with Crippen molar-refractivity contribution in [1.29, 1.82) is 0 Å². The fourth-order valence-corrected chi connectivity index (χ4v) is 3.93. The zero-order chi connectivity index (χ0) is 21.8. The molecule has 3 aromatic rings. The Hall–Kier alpha value is -3.22. The lowest BCUT2D eigenvalue weighted by Gasteiger charge is -2.32. The van der Waals surface area contributed by atoms with Gasteiger partial charge in [0, 0.05) is 42.7 Å². The molecular weight excluding hydrogens is 403 g/mol. The van der Waals surface area contributed by atoms with Gasteiger partial charge in [-0.1, -0.05) is 18.2 Å². The van der Waals surface area contributed by atoms with Crippen LogP contribution >= 0.6 is 0 Å². The average molecular weight is 425 g/mol. The van der Waals surface area contributed by atoms with Crippen LogP contribution in [0.3, 0.4) is 0 Å². The monoisotopic (exact) mass is 425 g/mol. The van der Waals surface area contributed by atoms with Gasteiger partial charge in [-0.15, -0.1) is 0 Å². The third-order valence-corrected chi connectivity index (χ3v) is 5.55. The number of nitrogens with zero attached hydrogens (tertiary/aromatic N) is 3. The van der Waals surface area contributed by atoms with E-state index in [0.717, 1.165) is 36.2 Å². The minimum absolute atomic E-state index is 0.0564. The van der Waals surface area contributed by atoms with Crippen LogP contribution in [0.25, 0.3) is 11.3 Å². The van der Waals surface area contributed by atoms with Crippen molar-refractivity contribution >= 4 is 5.91 Å². The summed E-state index contributed by atoms with van der Waals surface area (Å²) < 4.78 is 39.2. The van der Waals surface area contributed by atoms with Gasteiger partial charge < -0.3 is 4.90 Å². The van der Waals surface area contributed by atoms with E-state index in [1.165, 1.54) is 6.07 Å². The van der Waals surface area contributed by atoms with Crippen LogP contribution in [0, 0.1) is 0 Å². The van der Waals surface area contributed by atoms with Gasteiger partial charge in [0.25, 0.3) is 0 Å². The van der Waals surface area contributed by atoms with Crippen molar-refractivity contribution in [1.82, 2.24) is 14.9 Å². The maximum atomic E-state index is 13.1. The van der Waals surface area contributed by atoms with Gasteiger partial charge in [0.15, 0.2) is 0 Å². The van der Waals surface area contributed by atoms with Crippen LogP contribution in [-0.2, 0) is 17.4 Å². The molecule has 1 aliphatic heterocycles. The first-order valence-electron chi connectivity index (χ1n) is 10.2. The first-order valence-corrected chi connectivity index (χ1v) is 10.2. The van der Waals surface area contributed by atoms with E-state index < -0.39 is 11.7 Å². The fraction of sp³-hybridized carbons (Fsp3) is 0.292. The van der Waals surface area contributed by atoms with E-state index in [2.05, 4.69) is 9.97 Å². The summed E-state index contributed by atoms with van der Waals surface area (Å²) in [7, 11) is 0. The third-order valence-electron chi connectivity index (χ3n) is 5.55. The number of piperidine rings is 1. The molecule has 1 unspecified atom stereocenters. The maximum Gasteiger partial charge on any atom is 0.416 e. The molecule has 0 radical (unpaired) electrons. The SMILES string of the molecule is O=C(Cc1ccncc1)N1CCCC(c2cccc(-c3cccc(C(F)(F)F)c3)n2)C1. The topological polar surface area (TPSA) is 46.1 Å². The predicted octanol–water partition coefficient (Wildman–Crippen LogP) is 5.11. The number of carbonyl (C=O) groups excluding carboxylic acids is 1. The van der Waals surface area contributed by atoms with Gasteiger partial charge in [0.05, 0.1) is 17.7 Å². The molecular formula is C24H22F3N3O. The molecule has 1 saturated heterocycles. The van der Waals surface area contributed by atoms with Crippen molar-refractivity contribution in [2.45, 2.75) is 31.4 Å². The van der Waals surface area contributed by atoms with E-state index >= 15 is 0 Å². The Bertz CT molecular complexity index is 1050. The molecule has 1 atom stereocenters. The Morgan fingerprint density at radius 2 is 1.84 bits per heavy atom. The van der Waals surface area contributed by atoms with E-state index in [1.807, 2.05) is 29.2 Å². The van der Waals surface area contributed by atoms with Crippen molar-refractivity contribution in [3.8, 4) is 11.3 Å². The molecule has 0 N–H and O–H groups in total. The van der Waals surface area contributed by atoms with Gasteiger partial charge in [-0.25, -0.2) is 0 Å². The second kappa shape index (κ2) is 8.88. The zero-order valence-electron chi connectivity index (χ0n) is 16.8. The third kappa shape index (κ3) is 5.10. The van der Waals surface area contributed by atoms with Crippen molar-refractivity contribution in [2.75, 3.05) is 13.1 Å². The second-order valence-electron chi connectivity index (χ2n) is 7.74. The number of pyridine rings is 2. The molecule has 1 aromatic carbocycles. The Balaban J connectivity index is 1.50. The number of rotatable bonds is 4. The summed E-state index contributed by atoms with van der Waals surface area (Å²) >= 11 is 0. The number of alkyl halides is 3. The van der Waals surface area contributed by atoms with E-state index in [9.17, 15) is 18.0 Å². The Kier molecular flexibility index (Phi) is 6.02. The van der Waals surface area contributed by atoms with Gasteiger partial charge in [-0.05, 0) is 54.8 Å². The smallest absolute Gasteiger partial charge is 0.342 e. The molecule has 0 bridgehead atoms. The van der Waals surface area contributed by atoms with E-state index in [4.69, 9.17) is 0 Å². The summed E-state index contributed by atoms with van der Waals surface area (Å²) in [6.45, 7) is 1.26. The molecule has 1 aliphatic rings. The summed E-state index contributed by atoms with van der Waals surface area (Å²) in [5.41, 5.74) is 1.97. The molecule has 0 saturated carbocycles. The highest BCUT2D eigenvalue weighted by molar-refractivity contribution is 5.79. The van der Waals surface area contributed by atoms with Gasteiger partial charge >= 0.3 is 6.18 Å². The largest absolute Gasteiger partial charge is 0.416 e. The average Bonchev–Trinajstić information content (AvgIpc) is 2.79. The minimum atomic E-state index is -4.40. The normalized spacial score (nSPS) is 16.9. The van der Waals surface area contributed by atoms with Crippen LogP contribution in [0.4, 0.5) is 13.2 Å². The number of halogens is 3. The van der Waals surface area contributed by atoms with E-state index in [-0.39, 0.29) is 11.8 Å². The number of benzene rings is 1. The molecule has 0 spiro atoms. The van der Waals surface area contributed by atoms with Gasteiger partial charge in [-0.2, -0.15) is 13.2 Å². The van der Waals surface area contributed by atoms with Crippen LogP contribution in [0.2, 0.25) is 0 Å². The summed E-state index contributed by atoms with van der Waals surface area (Å²) in [4.78, 5) is 23.2. The van der Waals surface area contributed by atoms with Crippen LogP contribution < -0.4 is 0 Å². The van der Waals surface area contributed by atoms with Gasteiger partial charge in [-0.3, -0.25) is 14.8 Å². The Morgan fingerprint density at radius 1 is 1.06 bits per heavy atom. The van der Waals surface area contributed by atoms with Crippen molar-refractivity contribution in [3.05, 3.63) is 83.8 Å². The summed E-state index contributed by atoms with van der Waals surface area (Å²) in [5.74, 6) is 0.117. The molecule has 2 aromatic heterocycles. The number of aromatic nitrogens is 2. The minimum Gasteiger partial charge on any atom is -0.342 e. The lowest BCUT2D eigenvalue weighted by Crippen LogP contribution is -2.40. The zero-order valence-corrected chi connectivity index (χ0v) is 16.8. The van der Waals surface area contributed by atoms with Crippen LogP contribution in [0.1, 0.15) is 35.6 Å². The second-order valence-corrected chi connectivity index (χ2v) is 7.74. The summed E-state index contributed by atoms with van der Waals surface area (Å²) in [5, 5.41) is 0. The van der Waals surface area contributed by atoms with Crippen molar-refractivity contribution in [3.63, 3.8) is 0 Å². The van der Waals surface area contributed by atoms with Crippen molar-refractivity contribution in [2.24, 2.45) is 0 Å². The highest BCUT2D eigenvalue weighted by Gasteiger charge is 2.31. The Labute approximate surface area is 178 Å². The van der Waals surface area contributed by atoms with Gasteiger partial charge in [0.2, 0.25) is 5.91 Å². The molecule has 160 valence electrons. The molecule has 31 heavy (non-hydrogen) atoms. The molecule has 4 rings (SSSR count). The predicted molar refractivity (Wildman–Crippen MR) is 111 cm³/mol. The molecule has 7 heteroatoms. The fourth-order valence-electron chi connectivity index (χ4n) is 3.93. The highest BCUT2D eigenvalue weighted by atomic mass is 19.4. The van der Waals surface area contributed by atoms with E-state index in [0.29, 0.717) is 30.8 Å². The summed E-state index contributed by atoms with van der Waals surface area (Å²) in [6.07, 6.45) is 1.02. The number of amides is 1. The maximum absolute atomic E-state index is 13.1. The quantitative estimate of drug-likeness (QED) is 0.584. The van der Waals surface area contributed by atoms with Gasteiger partial charge in [0.1, 0.15) is 0 Å². The molecule has 3 heterocycles. The van der Waals surface area contributed by atoms with Crippen LogP contribution in [0.5, 0.6) is 0 Å².